The Kier molecular flexibility index (Phi) is 23.3. The van der Waals surface area contributed by atoms with E-state index in [-0.39, 0.29) is 41.3 Å². The van der Waals surface area contributed by atoms with Crippen LogP contribution < -0.4 is 4.74 Å². The summed E-state index contributed by atoms with van der Waals surface area (Å²) in [5, 5.41) is 18.0. The third kappa shape index (κ3) is 16.2. The SMILES string of the molecule is CCC(C)C(=O)OC1(C)C2CC3CC(C2)CC1C3.CCC(C)C(=O)OC1(C)C2CC3CC(C2)CC1C3.CCC(C)c1ccc(O)cc1.CCC(C)c1ccc(O)cc1.CCOC(C)Oc1ccc(C(C)CC)cc1. The molecule has 11 rings (SSSR count). The number of rotatable bonds is 16. The first-order chi connectivity index (χ1) is 35.2. The third-order valence-electron chi connectivity index (χ3n) is 19.1. The molecule has 3 aromatic rings. The topological polar surface area (TPSA) is 112 Å². The lowest BCUT2D eigenvalue weighted by Crippen LogP contribution is -2.58. The fraction of sp³-hybridized carbons (Fsp3) is 0.697. The predicted octanol–water partition coefficient (Wildman–Crippen LogP) is 17.4. The molecular formula is C66H102O8. The number of benzene rings is 3. The van der Waals surface area contributed by atoms with Gasteiger partial charge in [-0.05, 0) is 242 Å². The van der Waals surface area contributed by atoms with Crippen LogP contribution in [0, 0.1) is 59.2 Å². The number of hydrogen-bond donors (Lipinski definition) is 2. The lowest BCUT2D eigenvalue weighted by Gasteiger charge is -2.59. The molecule has 0 amide bonds. The Labute approximate surface area is 449 Å². The van der Waals surface area contributed by atoms with Crippen LogP contribution in [-0.4, -0.2) is 46.3 Å². The monoisotopic (exact) mass is 1020 g/mol. The molecular weight excluding hydrogens is 921 g/mol. The van der Waals surface area contributed by atoms with Crippen molar-refractivity contribution in [3.05, 3.63) is 89.5 Å². The Balaban J connectivity index is 0.000000174. The van der Waals surface area contributed by atoms with Crippen molar-refractivity contribution in [1.29, 1.82) is 0 Å². The molecule has 8 fully saturated rings. The summed E-state index contributed by atoms with van der Waals surface area (Å²) in [7, 11) is 0. The van der Waals surface area contributed by atoms with Crippen molar-refractivity contribution in [1.82, 2.24) is 0 Å². The second-order valence-corrected chi connectivity index (χ2v) is 24.3. The van der Waals surface area contributed by atoms with Crippen LogP contribution in [0.5, 0.6) is 17.2 Å². The first-order valence-electron chi connectivity index (χ1n) is 29.6. The van der Waals surface area contributed by atoms with Crippen LogP contribution in [0.1, 0.15) is 228 Å². The molecule has 8 aliphatic rings. The maximum Gasteiger partial charge on any atom is 0.309 e. The molecule has 8 aliphatic carbocycles. The second kappa shape index (κ2) is 28.4. The predicted molar refractivity (Wildman–Crippen MR) is 302 cm³/mol. The number of carbonyl (C=O) groups is 2. The summed E-state index contributed by atoms with van der Waals surface area (Å²) in [4.78, 5) is 24.3. The molecule has 6 atom stereocenters. The highest BCUT2D eigenvalue weighted by molar-refractivity contribution is 5.73. The lowest BCUT2D eigenvalue weighted by molar-refractivity contribution is -0.207. The molecule has 8 nitrogen and oxygen atoms in total. The number of ether oxygens (including phenoxy) is 4. The maximum absolute atomic E-state index is 12.1. The largest absolute Gasteiger partial charge is 0.508 e. The van der Waals surface area contributed by atoms with Gasteiger partial charge < -0.3 is 29.2 Å². The number of esters is 2. The van der Waals surface area contributed by atoms with E-state index in [9.17, 15) is 9.59 Å². The van der Waals surface area contributed by atoms with Crippen LogP contribution in [0.2, 0.25) is 0 Å². The van der Waals surface area contributed by atoms with Gasteiger partial charge in [0.05, 0.1) is 11.8 Å². The minimum Gasteiger partial charge on any atom is -0.508 e. The van der Waals surface area contributed by atoms with E-state index < -0.39 is 0 Å². The molecule has 0 aromatic heterocycles. The highest BCUT2D eigenvalue weighted by Gasteiger charge is 2.58. The van der Waals surface area contributed by atoms with Crippen molar-refractivity contribution in [3.8, 4) is 17.2 Å². The summed E-state index contributed by atoms with van der Waals surface area (Å²) < 4.78 is 23.0. The maximum atomic E-state index is 12.1. The highest BCUT2D eigenvalue weighted by atomic mass is 16.7. The van der Waals surface area contributed by atoms with Crippen molar-refractivity contribution in [3.63, 3.8) is 0 Å². The summed E-state index contributed by atoms with van der Waals surface area (Å²) in [6.45, 7) is 30.2. The molecule has 0 heterocycles. The molecule has 0 spiro atoms. The lowest BCUT2D eigenvalue weighted by atomic mass is 9.50. The average Bonchev–Trinajstić information content (AvgIpc) is 3.39. The van der Waals surface area contributed by atoms with Crippen LogP contribution in [0.4, 0.5) is 0 Å². The van der Waals surface area contributed by atoms with Gasteiger partial charge in [0.15, 0.2) is 6.29 Å². The minimum atomic E-state index is -0.181. The van der Waals surface area contributed by atoms with Crippen LogP contribution in [0.15, 0.2) is 72.8 Å². The van der Waals surface area contributed by atoms with Crippen LogP contribution in [0.25, 0.3) is 0 Å². The van der Waals surface area contributed by atoms with Gasteiger partial charge in [-0.15, -0.1) is 0 Å². The van der Waals surface area contributed by atoms with E-state index in [1.807, 2.05) is 64.1 Å². The Morgan fingerprint density at radius 3 is 1.00 bits per heavy atom. The molecule has 8 bridgehead atoms. The number of carbonyl (C=O) groups excluding carboxylic acids is 2. The van der Waals surface area contributed by atoms with Gasteiger partial charge in [0.2, 0.25) is 0 Å². The number of phenols is 2. The van der Waals surface area contributed by atoms with Gasteiger partial charge in [0.25, 0.3) is 0 Å². The van der Waals surface area contributed by atoms with Crippen LogP contribution in [0.3, 0.4) is 0 Å². The van der Waals surface area contributed by atoms with E-state index >= 15 is 0 Å². The van der Waals surface area contributed by atoms with Gasteiger partial charge >= 0.3 is 11.9 Å². The first kappa shape index (κ1) is 60.8. The van der Waals surface area contributed by atoms with Crippen molar-refractivity contribution in [2.45, 2.75) is 228 Å². The normalized spacial score (nSPS) is 29.9. The summed E-state index contributed by atoms with van der Waals surface area (Å²) in [6, 6.07) is 23.1. The fourth-order valence-electron chi connectivity index (χ4n) is 13.2. The zero-order chi connectivity index (χ0) is 54.3. The van der Waals surface area contributed by atoms with Crippen molar-refractivity contribution in [2.24, 2.45) is 59.2 Å². The quantitative estimate of drug-likeness (QED) is 0.108. The molecule has 3 aromatic carbocycles. The zero-order valence-electron chi connectivity index (χ0n) is 48.7. The average molecular weight is 1020 g/mol. The van der Waals surface area contributed by atoms with Gasteiger partial charge in [-0.2, -0.15) is 0 Å². The highest BCUT2D eigenvalue weighted by Crippen LogP contribution is 2.61. The second-order valence-electron chi connectivity index (χ2n) is 24.3. The fourth-order valence-corrected chi connectivity index (χ4v) is 13.2. The Morgan fingerprint density at radius 1 is 0.459 bits per heavy atom. The van der Waals surface area contributed by atoms with E-state index in [1.54, 1.807) is 24.3 Å². The smallest absolute Gasteiger partial charge is 0.309 e. The van der Waals surface area contributed by atoms with Gasteiger partial charge in [-0.25, -0.2) is 0 Å². The molecule has 6 unspecified atom stereocenters. The molecule has 2 N–H and O–H groups in total. The van der Waals surface area contributed by atoms with E-state index in [2.05, 4.69) is 81.4 Å². The third-order valence-corrected chi connectivity index (χ3v) is 19.1. The number of aromatic hydroxyl groups is 2. The minimum absolute atomic E-state index is 0.0347. The molecule has 414 valence electrons. The molecule has 8 saturated carbocycles. The first-order valence-corrected chi connectivity index (χ1v) is 29.6. The molecule has 0 aliphatic heterocycles. The van der Waals surface area contributed by atoms with Crippen molar-refractivity contribution in [2.75, 3.05) is 6.61 Å². The van der Waals surface area contributed by atoms with Crippen molar-refractivity contribution >= 4 is 11.9 Å². The van der Waals surface area contributed by atoms with Gasteiger partial charge in [0, 0.05) is 6.61 Å². The van der Waals surface area contributed by atoms with Gasteiger partial charge in [-0.3, -0.25) is 9.59 Å². The van der Waals surface area contributed by atoms with E-state index in [1.165, 1.54) is 80.9 Å². The van der Waals surface area contributed by atoms with Crippen LogP contribution in [-0.2, 0) is 23.8 Å². The van der Waals surface area contributed by atoms with E-state index in [4.69, 9.17) is 29.2 Å². The molecule has 74 heavy (non-hydrogen) atoms. The Hall–Kier alpha value is -4.04. The Bertz CT molecular complexity index is 1940. The standard InChI is InChI=1S/2C16H26O2.C14H22O2.2C10H14O/c2*1-4-10(2)15(17)18-16(3)13-6-11-5-12(8-13)9-14(16)7-11;1-5-11(3)13-7-9-14(10-8-13)16-12(4)15-6-2;2*1-3-8(2)9-4-6-10(11)7-5-9/h2*10-14H,4-9H2,1-3H3;7-12H,5-6H2,1-4H3;2*4-8,11H,3H2,1-2H3. The molecule has 8 heteroatoms. The Morgan fingerprint density at radius 2 is 0.743 bits per heavy atom. The zero-order valence-corrected chi connectivity index (χ0v) is 48.7. The summed E-state index contributed by atoms with van der Waals surface area (Å²) in [5.41, 5.74) is 3.66. The summed E-state index contributed by atoms with van der Waals surface area (Å²) >= 11 is 0. The molecule has 0 saturated heterocycles. The van der Waals surface area contributed by atoms with Crippen molar-refractivity contribution < 1.29 is 38.7 Å². The van der Waals surface area contributed by atoms with Gasteiger partial charge in [0.1, 0.15) is 28.5 Å². The number of phenolic OH excluding ortho intramolecular Hbond substituents is 2. The number of hydrogen-bond acceptors (Lipinski definition) is 8. The van der Waals surface area contributed by atoms with E-state index in [0.29, 0.717) is 59.5 Å². The summed E-state index contributed by atoms with van der Waals surface area (Å²) in [6.07, 6.45) is 18.4. The van der Waals surface area contributed by atoms with Gasteiger partial charge in [-0.1, -0.05) is 106 Å². The van der Waals surface area contributed by atoms with E-state index in [0.717, 1.165) is 61.5 Å². The van der Waals surface area contributed by atoms with Crippen LogP contribution >= 0.6 is 0 Å². The molecule has 0 radical (unpaired) electrons. The summed E-state index contributed by atoms with van der Waals surface area (Å²) in [5.74, 6) is 9.83.